The molecule has 132 valence electrons. The van der Waals surface area contributed by atoms with Crippen LogP contribution in [-0.2, 0) is 6.42 Å². The summed E-state index contributed by atoms with van der Waals surface area (Å²) >= 11 is 0. The summed E-state index contributed by atoms with van der Waals surface area (Å²) in [5.41, 5.74) is 14.7. The van der Waals surface area contributed by atoms with Crippen LogP contribution in [0, 0.1) is 0 Å². The number of primary amides is 2. The molecule has 26 heavy (non-hydrogen) atoms. The van der Waals surface area contributed by atoms with Crippen LogP contribution < -0.4 is 11.5 Å². The SMILES string of the molecule is CCCCc1ccc(-c2ccc3cccc(C(N)=O)c3c2C(N)=O)cc1. The third kappa shape index (κ3) is 3.31. The van der Waals surface area contributed by atoms with Crippen molar-refractivity contribution >= 4 is 22.6 Å². The number of nitrogens with two attached hydrogens (primary N) is 2. The van der Waals surface area contributed by atoms with Crippen molar-refractivity contribution in [3.05, 3.63) is 71.3 Å². The van der Waals surface area contributed by atoms with Crippen LogP contribution in [0.4, 0.5) is 0 Å². The molecule has 0 saturated heterocycles. The zero-order valence-electron chi connectivity index (χ0n) is 14.8. The third-order valence-corrected chi connectivity index (χ3v) is 4.64. The van der Waals surface area contributed by atoms with Crippen LogP contribution in [0.25, 0.3) is 21.9 Å². The second-order valence-corrected chi connectivity index (χ2v) is 6.42. The lowest BCUT2D eigenvalue weighted by Gasteiger charge is -2.13. The lowest BCUT2D eigenvalue weighted by Crippen LogP contribution is -2.17. The van der Waals surface area contributed by atoms with Crippen LogP contribution in [0.2, 0.25) is 0 Å². The summed E-state index contributed by atoms with van der Waals surface area (Å²) in [6, 6.07) is 17.1. The van der Waals surface area contributed by atoms with Gasteiger partial charge in [0.15, 0.2) is 0 Å². The quantitative estimate of drug-likeness (QED) is 0.705. The van der Waals surface area contributed by atoms with Crippen LogP contribution in [0.1, 0.15) is 46.0 Å². The van der Waals surface area contributed by atoms with Crippen molar-refractivity contribution in [2.75, 3.05) is 0 Å². The number of hydrogen-bond acceptors (Lipinski definition) is 2. The predicted octanol–water partition coefficient (Wildman–Crippen LogP) is 4.05. The molecular weight excluding hydrogens is 324 g/mol. The van der Waals surface area contributed by atoms with Crippen molar-refractivity contribution in [3.63, 3.8) is 0 Å². The molecule has 3 aromatic carbocycles. The Morgan fingerprint density at radius 2 is 1.62 bits per heavy atom. The zero-order chi connectivity index (χ0) is 18.7. The van der Waals surface area contributed by atoms with Gasteiger partial charge in [-0.25, -0.2) is 0 Å². The Balaban J connectivity index is 2.20. The highest BCUT2D eigenvalue weighted by Crippen LogP contribution is 2.32. The van der Waals surface area contributed by atoms with Gasteiger partial charge in [-0.2, -0.15) is 0 Å². The number of hydrogen-bond donors (Lipinski definition) is 2. The molecule has 0 fully saturated rings. The molecule has 4 heteroatoms. The van der Waals surface area contributed by atoms with Crippen LogP contribution in [-0.4, -0.2) is 11.8 Å². The fraction of sp³-hybridized carbons (Fsp3) is 0.182. The Kier molecular flexibility index (Phi) is 5.03. The first kappa shape index (κ1) is 17.7. The van der Waals surface area contributed by atoms with Gasteiger partial charge >= 0.3 is 0 Å². The maximum Gasteiger partial charge on any atom is 0.249 e. The number of carbonyl (C=O) groups excluding carboxylic acids is 2. The van der Waals surface area contributed by atoms with E-state index in [4.69, 9.17) is 11.5 Å². The van der Waals surface area contributed by atoms with Crippen LogP contribution in [0.15, 0.2) is 54.6 Å². The van der Waals surface area contributed by atoms with Crippen LogP contribution in [0.5, 0.6) is 0 Å². The standard InChI is InChI=1S/C22H22N2O2/c1-2-3-5-14-8-10-15(11-9-14)17-13-12-16-6-4-7-18(21(23)25)19(16)20(17)22(24)26/h4,6-13H,2-3,5H2,1H3,(H2,23,25)(H2,24,26). The van der Waals surface area contributed by atoms with E-state index < -0.39 is 11.8 Å². The minimum atomic E-state index is -0.579. The van der Waals surface area contributed by atoms with Crippen molar-refractivity contribution in [1.82, 2.24) is 0 Å². The number of aryl methyl sites for hydroxylation is 1. The fourth-order valence-electron chi connectivity index (χ4n) is 3.31. The topological polar surface area (TPSA) is 86.2 Å². The summed E-state index contributed by atoms with van der Waals surface area (Å²) in [6.45, 7) is 2.17. The molecule has 0 atom stereocenters. The molecule has 0 spiro atoms. The molecule has 0 aliphatic carbocycles. The van der Waals surface area contributed by atoms with Gasteiger partial charge in [0.05, 0.1) is 5.56 Å². The molecule has 0 saturated carbocycles. The Morgan fingerprint density at radius 3 is 2.23 bits per heavy atom. The largest absolute Gasteiger partial charge is 0.366 e. The second kappa shape index (κ2) is 7.40. The van der Waals surface area contributed by atoms with Crippen molar-refractivity contribution in [3.8, 4) is 11.1 Å². The van der Waals surface area contributed by atoms with E-state index in [-0.39, 0.29) is 0 Å². The summed E-state index contributed by atoms with van der Waals surface area (Å²) in [7, 11) is 0. The van der Waals surface area contributed by atoms with Crippen molar-refractivity contribution in [2.24, 2.45) is 11.5 Å². The van der Waals surface area contributed by atoms with Gasteiger partial charge in [0.1, 0.15) is 0 Å². The summed E-state index contributed by atoms with van der Waals surface area (Å²) < 4.78 is 0. The molecule has 4 N–H and O–H groups in total. The molecule has 4 nitrogen and oxygen atoms in total. The summed E-state index contributed by atoms with van der Waals surface area (Å²) in [5, 5.41) is 1.28. The van der Waals surface area contributed by atoms with Gasteiger partial charge in [-0.15, -0.1) is 0 Å². The number of unbranched alkanes of at least 4 members (excludes halogenated alkanes) is 1. The summed E-state index contributed by atoms with van der Waals surface area (Å²) in [5.74, 6) is -1.15. The predicted molar refractivity (Wildman–Crippen MR) is 105 cm³/mol. The average molecular weight is 346 g/mol. The van der Waals surface area contributed by atoms with E-state index in [9.17, 15) is 9.59 Å². The van der Waals surface area contributed by atoms with Crippen LogP contribution >= 0.6 is 0 Å². The molecule has 3 rings (SSSR count). The Labute approximate surface area is 152 Å². The molecule has 0 bridgehead atoms. The minimum absolute atomic E-state index is 0.303. The summed E-state index contributed by atoms with van der Waals surface area (Å²) in [6.07, 6.45) is 3.32. The van der Waals surface area contributed by atoms with Gasteiger partial charge < -0.3 is 11.5 Å². The molecule has 0 heterocycles. The first-order valence-corrected chi connectivity index (χ1v) is 8.77. The minimum Gasteiger partial charge on any atom is -0.366 e. The van der Waals surface area contributed by atoms with E-state index in [0.29, 0.717) is 22.1 Å². The van der Waals surface area contributed by atoms with Gasteiger partial charge in [0, 0.05) is 10.9 Å². The smallest absolute Gasteiger partial charge is 0.249 e. The van der Waals surface area contributed by atoms with E-state index in [0.717, 1.165) is 30.2 Å². The van der Waals surface area contributed by atoms with Crippen molar-refractivity contribution in [1.29, 1.82) is 0 Å². The first-order valence-electron chi connectivity index (χ1n) is 8.77. The Bertz CT molecular complexity index is 975. The average Bonchev–Trinajstić information content (AvgIpc) is 2.65. The van der Waals surface area contributed by atoms with Gasteiger partial charge in [0.25, 0.3) is 0 Å². The molecule has 0 aliphatic rings. The zero-order valence-corrected chi connectivity index (χ0v) is 14.8. The van der Waals surface area contributed by atoms with E-state index in [2.05, 4.69) is 19.1 Å². The molecule has 0 radical (unpaired) electrons. The molecule has 2 amide bonds. The van der Waals surface area contributed by atoms with Crippen molar-refractivity contribution in [2.45, 2.75) is 26.2 Å². The molecule has 3 aromatic rings. The maximum absolute atomic E-state index is 12.3. The second-order valence-electron chi connectivity index (χ2n) is 6.42. The molecule has 0 unspecified atom stereocenters. The highest BCUT2D eigenvalue weighted by molar-refractivity contribution is 6.18. The van der Waals surface area contributed by atoms with E-state index in [1.54, 1.807) is 12.1 Å². The number of amides is 2. The van der Waals surface area contributed by atoms with Gasteiger partial charge in [0.2, 0.25) is 11.8 Å². The van der Waals surface area contributed by atoms with Crippen LogP contribution in [0.3, 0.4) is 0 Å². The number of rotatable bonds is 6. The maximum atomic E-state index is 12.3. The number of carbonyl (C=O) groups is 2. The lowest BCUT2D eigenvalue weighted by molar-refractivity contribution is 0.0998. The summed E-state index contributed by atoms with van der Waals surface area (Å²) in [4.78, 5) is 24.1. The normalized spacial score (nSPS) is 10.8. The monoisotopic (exact) mass is 346 g/mol. The van der Waals surface area contributed by atoms with E-state index >= 15 is 0 Å². The molecule has 0 aromatic heterocycles. The number of fused-ring (bicyclic) bond motifs is 1. The highest BCUT2D eigenvalue weighted by atomic mass is 16.1. The van der Waals surface area contributed by atoms with E-state index in [1.807, 2.05) is 30.3 Å². The van der Waals surface area contributed by atoms with Crippen molar-refractivity contribution < 1.29 is 9.59 Å². The molecular formula is C22H22N2O2. The van der Waals surface area contributed by atoms with E-state index in [1.165, 1.54) is 5.56 Å². The van der Waals surface area contributed by atoms with Gasteiger partial charge in [-0.1, -0.05) is 61.9 Å². The van der Waals surface area contributed by atoms with Gasteiger partial charge in [-0.3, -0.25) is 9.59 Å². The Morgan fingerprint density at radius 1 is 0.885 bits per heavy atom. The third-order valence-electron chi connectivity index (χ3n) is 4.64. The lowest BCUT2D eigenvalue weighted by atomic mass is 9.90. The Hall–Kier alpha value is -3.14. The van der Waals surface area contributed by atoms with Gasteiger partial charge in [-0.05, 0) is 41.0 Å². The molecule has 0 aliphatic heterocycles. The fourth-order valence-corrected chi connectivity index (χ4v) is 3.31. The number of benzene rings is 3. The first-order chi connectivity index (χ1) is 12.5. The highest BCUT2D eigenvalue weighted by Gasteiger charge is 2.18.